The average Bonchev–Trinajstić information content (AvgIpc) is 2.49. The number of aliphatic hydroxyl groups is 1. The summed E-state index contributed by atoms with van der Waals surface area (Å²) in [7, 11) is 1.97. The van der Waals surface area contributed by atoms with Gasteiger partial charge >= 0.3 is 0 Å². The molecule has 0 saturated carbocycles. The first-order valence-corrected chi connectivity index (χ1v) is 9.25. The van der Waals surface area contributed by atoms with E-state index in [1.54, 1.807) is 0 Å². The Hall–Kier alpha value is -0.120. The largest absolute Gasteiger partial charge is 0.392 e. The minimum Gasteiger partial charge on any atom is -0.392 e. The summed E-state index contributed by atoms with van der Waals surface area (Å²) in [4.78, 5) is 0. The SMILES string of the molecule is CCCCCCCCCCC(C)C(O)CNCCCNC. The fourth-order valence-corrected chi connectivity index (χ4v) is 2.63. The second-order valence-electron chi connectivity index (χ2n) is 6.47. The molecule has 3 nitrogen and oxygen atoms in total. The summed E-state index contributed by atoms with van der Waals surface area (Å²) in [6.45, 7) is 7.21. The van der Waals surface area contributed by atoms with Crippen molar-refractivity contribution >= 4 is 0 Å². The van der Waals surface area contributed by atoms with Crippen LogP contribution in [0.2, 0.25) is 0 Å². The van der Waals surface area contributed by atoms with Crippen LogP contribution < -0.4 is 10.6 Å². The third kappa shape index (κ3) is 14.6. The molecule has 0 saturated heterocycles. The van der Waals surface area contributed by atoms with Crippen LogP contribution in [0.1, 0.15) is 78.1 Å². The van der Waals surface area contributed by atoms with Gasteiger partial charge in [-0.15, -0.1) is 0 Å². The molecular formula is C18H40N2O. The number of aliphatic hydroxyl groups excluding tert-OH is 1. The second-order valence-corrected chi connectivity index (χ2v) is 6.47. The zero-order valence-corrected chi connectivity index (χ0v) is 14.8. The summed E-state index contributed by atoms with van der Waals surface area (Å²) in [5, 5.41) is 16.6. The highest BCUT2D eigenvalue weighted by Gasteiger charge is 2.12. The number of rotatable bonds is 16. The maximum Gasteiger partial charge on any atom is 0.0690 e. The summed E-state index contributed by atoms with van der Waals surface area (Å²) < 4.78 is 0. The van der Waals surface area contributed by atoms with Gasteiger partial charge in [-0.25, -0.2) is 0 Å². The lowest BCUT2D eigenvalue weighted by Crippen LogP contribution is -2.33. The third-order valence-corrected chi connectivity index (χ3v) is 4.30. The van der Waals surface area contributed by atoms with Crippen LogP contribution in [0.15, 0.2) is 0 Å². The van der Waals surface area contributed by atoms with Crippen molar-refractivity contribution in [2.45, 2.75) is 84.2 Å². The summed E-state index contributed by atoms with van der Waals surface area (Å²) in [5.41, 5.74) is 0. The molecule has 0 aliphatic carbocycles. The van der Waals surface area contributed by atoms with Gasteiger partial charge in [-0.2, -0.15) is 0 Å². The Morgan fingerprint density at radius 2 is 1.48 bits per heavy atom. The van der Waals surface area contributed by atoms with Gasteiger partial charge in [-0.1, -0.05) is 65.2 Å². The molecule has 21 heavy (non-hydrogen) atoms. The quantitative estimate of drug-likeness (QED) is 0.381. The van der Waals surface area contributed by atoms with Gasteiger partial charge in [0.2, 0.25) is 0 Å². The normalized spacial score (nSPS) is 14.3. The fraction of sp³-hybridized carbons (Fsp3) is 1.00. The monoisotopic (exact) mass is 300 g/mol. The van der Waals surface area contributed by atoms with Gasteiger partial charge < -0.3 is 15.7 Å². The Labute approximate surface area is 133 Å². The van der Waals surface area contributed by atoms with Crippen LogP contribution in [0.5, 0.6) is 0 Å². The van der Waals surface area contributed by atoms with E-state index in [0.717, 1.165) is 32.5 Å². The molecule has 0 aromatic rings. The Kier molecular flexibility index (Phi) is 16.2. The molecule has 0 radical (unpaired) electrons. The van der Waals surface area contributed by atoms with Gasteiger partial charge in [0.1, 0.15) is 0 Å². The number of nitrogens with one attached hydrogen (secondary N) is 2. The van der Waals surface area contributed by atoms with E-state index < -0.39 is 0 Å². The molecule has 0 aromatic carbocycles. The van der Waals surface area contributed by atoms with Crippen LogP contribution in [0, 0.1) is 5.92 Å². The summed E-state index contributed by atoms with van der Waals surface area (Å²) in [6.07, 6.45) is 13.0. The van der Waals surface area contributed by atoms with E-state index in [4.69, 9.17) is 0 Å². The molecule has 2 atom stereocenters. The second kappa shape index (κ2) is 16.3. The molecule has 0 heterocycles. The molecule has 0 aromatic heterocycles. The molecule has 128 valence electrons. The molecule has 0 spiro atoms. The number of hydrogen-bond acceptors (Lipinski definition) is 3. The number of unbranched alkanes of at least 4 members (excludes halogenated alkanes) is 7. The van der Waals surface area contributed by atoms with Gasteiger partial charge in [0, 0.05) is 6.54 Å². The van der Waals surface area contributed by atoms with Gasteiger partial charge in [0.15, 0.2) is 0 Å². The van der Waals surface area contributed by atoms with Crippen molar-refractivity contribution in [3.8, 4) is 0 Å². The van der Waals surface area contributed by atoms with E-state index in [9.17, 15) is 5.11 Å². The maximum absolute atomic E-state index is 10.1. The highest BCUT2D eigenvalue weighted by Crippen LogP contribution is 2.15. The van der Waals surface area contributed by atoms with Gasteiger partial charge in [-0.3, -0.25) is 0 Å². The molecule has 0 rings (SSSR count). The first-order chi connectivity index (χ1) is 10.2. The minimum absolute atomic E-state index is 0.191. The Balaban J connectivity index is 3.32. The van der Waals surface area contributed by atoms with Crippen molar-refractivity contribution < 1.29 is 5.11 Å². The fourth-order valence-electron chi connectivity index (χ4n) is 2.63. The maximum atomic E-state index is 10.1. The lowest BCUT2D eigenvalue weighted by atomic mass is 9.96. The van der Waals surface area contributed by atoms with Crippen molar-refractivity contribution in [2.75, 3.05) is 26.7 Å². The number of hydrogen-bond donors (Lipinski definition) is 3. The predicted octanol–water partition coefficient (Wildman–Crippen LogP) is 3.71. The lowest BCUT2D eigenvalue weighted by molar-refractivity contribution is 0.109. The molecule has 3 heteroatoms. The Bertz CT molecular complexity index is 200. The first kappa shape index (κ1) is 20.9. The van der Waals surface area contributed by atoms with E-state index in [2.05, 4.69) is 24.5 Å². The molecular weight excluding hydrogens is 260 g/mol. The molecule has 0 aliphatic heterocycles. The predicted molar refractivity (Wildman–Crippen MR) is 93.8 cm³/mol. The van der Waals surface area contributed by atoms with Crippen molar-refractivity contribution in [2.24, 2.45) is 5.92 Å². The molecule has 0 amide bonds. The highest BCUT2D eigenvalue weighted by atomic mass is 16.3. The van der Waals surface area contributed by atoms with E-state index in [1.165, 1.54) is 51.4 Å². The summed E-state index contributed by atoms with van der Waals surface area (Å²) in [5.74, 6) is 0.418. The Morgan fingerprint density at radius 3 is 2.10 bits per heavy atom. The van der Waals surface area contributed by atoms with Gasteiger partial charge in [-0.05, 0) is 38.9 Å². The van der Waals surface area contributed by atoms with Crippen LogP contribution in [0.4, 0.5) is 0 Å². The highest BCUT2D eigenvalue weighted by molar-refractivity contribution is 4.67. The van der Waals surface area contributed by atoms with Crippen molar-refractivity contribution in [3.63, 3.8) is 0 Å². The van der Waals surface area contributed by atoms with Gasteiger partial charge in [0.05, 0.1) is 6.10 Å². The van der Waals surface area contributed by atoms with Crippen LogP contribution in [-0.4, -0.2) is 37.9 Å². The molecule has 0 fully saturated rings. The molecule has 2 unspecified atom stereocenters. The van der Waals surface area contributed by atoms with E-state index in [-0.39, 0.29) is 6.10 Å². The molecule has 3 N–H and O–H groups in total. The van der Waals surface area contributed by atoms with Crippen molar-refractivity contribution in [1.82, 2.24) is 10.6 Å². The summed E-state index contributed by atoms with van der Waals surface area (Å²) in [6, 6.07) is 0. The minimum atomic E-state index is -0.191. The molecule has 0 aliphatic rings. The van der Waals surface area contributed by atoms with Crippen LogP contribution >= 0.6 is 0 Å². The lowest BCUT2D eigenvalue weighted by Gasteiger charge is -2.19. The van der Waals surface area contributed by atoms with Crippen LogP contribution in [0.3, 0.4) is 0 Å². The van der Waals surface area contributed by atoms with Crippen molar-refractivity contribution in [1.29, 1.82) is 0 Å². The zero-order valence-electron chi connectivity index (χ0n) is 14.8. The summed E-state index contributed by atoms with van der Waals surface area (Å²) >= 11 is 0. The Morgan fingerprint density at radius 1 is 0.857 bits per heavy atom. The van der Waals surface area contributed by atoms with Crippen LogP contribution in [0.25, 0.3) is 0 Å². The molecule has 0 bridgehead atoms. The van der Waals surface area contributed by atoms with Crippen molar-refractivity contribution in [3.05, 3.63) is 0 Å². The zero-order chi connectivity index (χ0) is 15.8. The topological polar surface area (TPSA) is 44.3 Å². The van der Waals surface area contributed by atoms with E-state index in [1.807, 2.05) is 7.05 Å². The van der Waals surface area contributed by atoms with E-state index in [0.29, 0.717) is 5.92 Å². The standard InChI is InChI=1S/C18H40N2O/c1-4-5-6-7-8-9-10-11-13-17(2)18(21)16-20-15-12-14-19-3/h17-21H,4-16H2,1-3H3. The smallest absolute Gasteiger partial charge is 0.0690 e. The van der Waals surface area contributed by atoms with Crippen LogP contribution in [-0.2, 0) is 0 Å². The average molecular weight is 301 g/mol. The van der Waals surface area contributed by atoms with E-state index >= 15 is 0 Å². The third-order valence-electron chi connectivity index (χ3n) is 4.30. The van der Waals surface area contributed by atoms with Gasteiger partial charge in [0.25, 0.3) is 0 Å². The first-order valence-electron chi connectivity index (χ1n) is 9.25.